The molecule has 0 spiro atoms. The molecule has 0 atom stereocenters. The van der Waals surface area contributed by atoms with Gasteiger partial charge in [-0.05, 0) is 37.5 Å². The van der Waals surface area contributed by atoms with Gasteiger partial charge in [-0.2, -0.15) is 0 Å². The third kappa shape index (κ3) is 9.70. The van der Waals surface area contributed by atoms with Gasteiger partial charge in [0, 0.05) is 30.9 Å². The summed E-state index contributed by atoms with van der Waals surface area (Å²) in [4.78, 5) is 16.3. The Morgan fingerprint density at radius 1 is 1.31 bits per heavy atom. The van der Waals surface area contributed by atoms with Crippen LogP contribution in [0.25, 0.3) is 0 Å². The Bertz CT molecular complexity index is 620. The molecule has 1 aromatic rings. The topological polar surface area (TPSA) is 74.8 Å². The molecule has 6 nitrogen and oxygen atoms in total. The summed E-state index contributed by atoms with van der Waals surface area (Å²) < 4.78 is 5.56. The summed E-state index contributed by atoms with van der Waals surface area (Å²) in [7, 11) is 0. The highest BCUT2D eigenvalue weighted by Gasteiger charge is 2.04. The van der Waals surface area contributed by atoms with Crippen molar-refractivity contribution >= 4 is 17.6 Å². The Labute approximate surface area is 156 Å². The van der Waals surface area contributed by atoms with E-state index in [0.717, 1.165) is 18.6 Å². The number of carbonyl (C=O) groups excluding carboxylic acids is 1. The number of hydrogen-bond acceptors (Lipinski definition) is 3. The van der Waals surface area contributed by atoms with Crippen LogP contribution in [0.2, 0.25) is 0 Å². The second-order valence-corrected chi connectivity index (χ2v) is 6.19. The monoisotopic (exact) mass is 358 g/mol. The molecule has 0 bridgehead atoms. The van der Waals surface area contributed by atoms with Crippen molar-refractivity contribution in [2.24, 2.45) is 10.9 Å². The quantitative estimate of drug-likeness (QED) is 0.259. The molecule has 1 rings (SSSR count). The number of rotatable bonds is 10. The largest absolute Gasteiger partial charge is 0.380 e. The normalized spacial score (nSPS) is 11.1. The fourth-order valence-corrected chi connectivity index (χ4v) is 2.04. The maximum Gasteiger partial charge on any atom is 0.246 e. The lowest BCUT2D eigenvalue weighted by Crippen LogP contribution is -2.39. The van der Waals surface area contributed by atoms with Crippen molar-refractivity contribution < 1.29 is 9.53 Å². The minimum Gasteiger partial charge on any atom is -0.380 e. The van der Waals surface area contributed by atoms with Crippen molar-refractivity contribution in [3.8, 4) is 12.3 Å². The number of hydrogen-bond donors (Lipinski definition) is 3. The fraction of sp³-hybridized carbons (Fsp3) is 0.500. The number of carbonyl (C=O) groups is 1. The molecule has 3 N–H and O–H groups in total. The maximum atomic E-state index is 12.0. The number of guanidine groups is 1. The molecule has 0 radical (unpaired) electrons. The second kappa shape index (κ2) is 12.8. The van der Waals surface area contributed by atoms with E-state index in [1.165, 1.54) is 0 Å². The van der Waals surface area contributed by atoms with Crippen molar-refractivity contribution in [3.05, 3.63) is 29.8 Å². The predicted molar refractivity (Wildman–Crippen MR) is 107 cm³/mol. The third-order valence-corrected chi connectivity index (χ3v) is 3.42. The average molecular weight is 358 g/mol. The molecule has 0 aliphatic rings. The Morgan fingerprint density at radius 3 is 2.81 bits per heavy atom. The van der Waals surface area contributed by atoms with Crippen molar-refractivity contribution in [2.45, 2.75) is 27.2 Å². The smallest absolute Gasteiger partial charge is 0.246 e. The molecule has 0 unspecified atom stereocenters. The van der Waals surface area contributed by atoms with E-state index in [-0.39, 0.29) is 12.5 Å². The molecule has 0 aliphatic heterocycles. The molecule has 0 fully saturated rings. The lowest BCUT2D eigenvalue weighted by Gasteiger charge is -2.12. The minimum absolute atomic E-state index is 0.0177. The summed E-state index contributed by atoms with van der Waals surface area (Å²) in [5.74, 6) is 3.57. The Hall–Kier alpha value is -2.52. The molecule has 0 heterocycles. The summed E-state index contributed by atoms with van der Waals surface area (Å²) in [5.41, 5.74) is 1.39. The summed E-state index contributed by atoms with van der Waals surface area (Å²) >= 11 is 0. The van der Waals surface area contributed by atoms with E-state index in [4.69, 9.17) is 11.2 Å². The van der Waals surface area contributed by atoms with Gasteiger partial charge in [0.1, 0.15) is 6.54 Å². The van der Waals surface area contributed by atoms with Gasteiger partial charge in [-0.25, -0.2) is 4.99 Å². The van der Waals surface area contributed by atoms with Crippen molar-refractivity contribution in [1.29, 1.82) is 0 Å². The summed E-state index contributed by atoms with van der Waals surface area (Å²) in [5, 5.41) is 9.05. The SMILES string of the molecule is C#Cc1cccc(NC(=O)CN=C(NCC)NCCOCCC(C)C)c1. The molecule has 142 valence electrons. The molecule has 0 saturated heterocycles. The first-order valence-corrected chi connectivity index (χ1v) is 9.01. The van der Waals surface area contributed by atoms with Gasteiger partial charge in [0.2, 0.25) is 5.91 Å². The van der Waals surface area contributed by atoms with E-state index in [1.807, 2.05) is 13.0 Å². The number of nitrogens with one attached hydrogen (secondary N) is 3. The van der Waals surface area contributed by atoms with Crippen LogP contribution in [-0.2, 0) is 9.53 Å². The van der Waals surface area contributed by atoms with E-state index in [1.54, 1.807) is 18.2 Å². The van der Waals surface area contributed by atoms with Gasteiger partial charge in [0.05, 0.1) is 6.61 Å². The van der Waals surface area contributed by atoms with Crippen molar-refractivity contribution in [1.82, 2.24) is 10.6 Å². The number of aliphatic imine (C=N–C) groups is 1. The van der Waals surface area contributed by atoms with Gasteiger partial charge in [0.25, 0.3) is 0 Å². The molecule has 0 saturated carbocycles. The molecule has 1 aromatic carbocycles. The van der Waals surface area contributed by atoms with Gasteiger partial charge in [-0.15, -0.1) is 6.42 Å². The summed E-state index contributed by atoms with van der Waals surface area (Å²) in [6.07, 6.45) is 6.41. The van der Waals surface area contributed by atoms with E-state index < -0.39 is 0 Å². The van der Waals surface area contributed by atoms with Crippen molar-refractivity contribution in [3.63, 3.8) is 0 Å². The molecular formula is C20H30N4O2. The molecule has 1 amide bonds. The van der Waals surface area contributed by atoms with Crippen LogP contribution in [0.4, 0.5) is 5.69 Å². The van der Waals surface area contributed by atoms with E-state index in [9.17, 15) is 4.79 Å². The van der Waals surface area contributed by atoms with Gasteiger partial charge >= 0.3 is 0 Å². The first kappa shape index (κ1) is 21.5. The van der Waals surface area contributed by atoms with Gasteiger partial charge in [-0.1, -0.05) is 25.8 Å². The zero-order valence-electron chi connectivity index (χ0n) is 16.0. The highest BCUT2D eigenvalue weighted by atomic mass is 16.5. The lowest BCUT2D eigenvalue weighted by molar-refractivity contribution is -0.114. The fourth-order valence-electron chi connectivity index (χ4n) is 2.04. The van der Waals surface area contributed by atoms with E-state index in [2.05, 4.69) is 40.7 Å². The summed E-state index contributed by atoms with van der Waals surface area (Å²) in [6.45, 7) is 9.04. The first-order valence-electron chi connectivity index (χ1n) is 9.01. The first-order chi connectivity index (χ1) is 12.5. The molecule has 26 heavy (non-hydrogen) atoms. The zero-order chi connectivity index (χ0) is 19.2. The van der Waals surface area contributed by atoms with Gasteiger partial charge in [-0.3, -0.25) is 4.79 Å². The predicted octanol–water partition coefficient (Wildman–Crippen LogP) is 2.22. The number of nitrogens with zero attached hydrogens (tertiary/aromatic N) is 1. The zero-order valence-corrected chi connectivity index (χ0v) is 16.0. The lowest BCUT2D eigenvalue weighted by atomic mass is 10.1. The molecule has 0 aromatic heterocycles. The van der Waals surface area contributed by atoms with Crippen LogP contribution in [0, 0.1) is 18.3 Å². The van der Waals surface area contributed by atoms with Crippen LogP contribution in [0.3, 0.4) is 0 Å². The number of terminal acetylenes is 1. The van der Waals surface area contributed by atoms with E-state index >= 15 is 0 Å². The Balaban J connectivity index is 2.39. The number of amides is 1. The van der Waals surface area contributed by atoms with Crippen molar-refractivity contribution in [2.75, 3.05) is 38.2 Å². The maximum absolute atomic E-state index is 12.0. The Kier molecular flexibility index (Phi) is 10.6. The third-order valence-electron chi connectivity index (χ3n) is 3.42. The molecule has 0 aliphatic carbocycles. The Morgan fingerprint density at radius 2 is 2.12 bits per heavy atom. The van der Waals surface area contributed by atoms with Crippen LogP contribution in [0.1, 0.15) is 32.8 Å². The van der Waals surface area contributed by atoms with Gasteiger partial charge < -0.3 is 20.7 Å². The number of ether oxygens (including phenoxy) is 1. The van der Waals surface area contributed by atoms with Crippen LogP contribution < -0.4 is 16.0 Å². The number of anilines is 1. The standard InChI is InChI=1S/C20H30N4O2/c1-5-17-8-7-9-18(14-17)24-19(25)15-23-20(21-6-2)22-11-13-26-12-10-16(3)4/h1,7-9,14,16H,6,10-13,15H2,2-4H3,(H,24,25)(H2,21,22,23). The molecular weight excluding hydrogens is 328 g/mol. The van der Waals surface area contributed by atoms with E-state index in [0.29, 0.717) is 37.3 Å². The van der Waals surface area contributed by atoms with Crippen LogP contribution >= 0.6 is 0 Å². The number of benzene rings is 1. The highest BCUT2D eigenvalue weighted by molar-refractivity contribution is 5.94. The summed E-state index contributed by atoms with van der Waals surface area (Å²) in [6, 6.07) is 7.16. The highest BCUT2D eigenvalue weighted by Crippen LogP contribution is 2.09. The van der Waals surface area contributed by atoms with Gasteiger partial charge in [0.15, 0.2) is 5.96 Å². The van der Waals surface area contributed by atoms with Crippen LogP contribution in [-0.4, -0.2) is 44.7 Å². The minimum atomic E-state index is -0.204. The second-order valence-electron chi connectivity index (χ2n) is 6.19. The van der Waals surface area contributed by atoms with Crippen LogP contribution in [0.5, 0.6) is 0 Å². The molecule has 6 heteroatoms. The average Bonchev–Trinajstić information content (AvgIpc) is 2.62. The van der Waals surface area contributed by atoms with Crippen LogP contribution in [0.15, 0.2) is 29.3 Å².